The number of carbonyl (C=O) groups is 1. The number of ether oxygens (including phenoxy) is 1. The van der Waals surface area contributed by atoms with Crippen molar-refractivity contribution in [1.29, 1.82) is 0 Å². The Kier molecular flexibility index (Phi) is 6.21. The summed E-state index contributed by atoms with van der Waals surface area (Å²) in [6.45, 7) is 5.82. The van der Waals surface area contributed by atoms with Crippen molar-refractivity contribution in [1.82, 2.24) is 14.3 Å². The molecule has 2 aliphatic heterocycles. The van der Waals surface area contributed by atoms with Crippen LogP contribution in [0.1, 0.15) is 37.3 Å². The Labute approximate surface area is 184 Å². The first-order chi connectivity index (χ1) is 14.5. The van der Waals surface area contributed by atoms with Crippen molar-refractivity contribution < 1.29 is 9.53 Å². The number of thioether (sulfide) groups is 1. The zero-order chi connectivity index (χ0) is 21.3. The first-order valence-electron chi connectivity index (χ1n) is 10.1. The van der Waals surface area contributed by atoms with Crippen LogP contribution in [0.25, 0.3) is 11.7 Å². The summed E-state index contributed by atoms with van der Waals surface area (Å²) in [7, 11) is 0. The van der Waals surface area contributed by atoms with Crippen LogP contribution in [0.5, 0.6) is 0 Å². The molecule has 1 N–H and O–H groups in total. The number of aromatic nitrogens is 2. The Morgan fingerprint density at radius 3 is 2.97 bits per heavy atom. The molecular formula is C21H24N4O3S2. The van der Waals surface area contributed by atoms with Gasteiger partial charge in [0.1, 0.15) is 15.8 Å². The zero-order valence-corrected chi connectivity index (χ0v) is 18.6. The first-order valence-corrected chi connectivity index (χ1v) is 11.3. The van der Waals surface area contributed by atoms with Crippen LogP contribution in [0.15, 0.2) is 28.0 Å². The molecule has 0 spiro atoms. The van der Waals surface area contributed by atoms with Gasteiger partial charge in [-0.3, -0.25) is 18.9 Å². The Hall–Kier alpha value is -2.23. The molecule has 2 aromatic heterocycles. The predicted molar refractivity (Wildman–Crippen MR) is 124 cm³/mol. The largest absolute Gasteiger partial charge is 0.376 e. The van der Waals surface area contributed by atoms with Gasteiger partial charge in [-0.05, 0) is 43.9 Å². The molecule has 2 fully saturated rings. The summed E-state index contributed by atoms with van der Waals surface area (Å²) >= 11 is 6.65. The van der Waals surface area contributed by atoms with Crippen LogP contribution in [0.3, 0.4) is 0 Å². The SMILES string of the molecule is CCCNc1nc2ccc(C)cn2c(=O)c1/C=C1/SC(=S)N(CC2CCCO2)C1=O. The van der Waals surface area contributed by atoms with E-state index in [1.165, 1.54) is 16.2 Å². The van der Waals surface area contributed by atoms with Gasteiger partial charge in [0.25, 0.3) is 11.5 Å². The maximum Gasteiger partial charge on any atom is 0.267 e. The lowest BCUT2D eigenvalue weighted by molar-refractivity contribution is -0.123. The molecule has 1 amide bonds. The van der Waals surface area contributed by atoms with E-state index in [-0.39, 0.29) is 17.6 Å². The number of amides is 1. The highest BCUT2D eigenvalue weighted by Gasteiger charge is 2.35. The quantitative estimate of drug-likeness (QED) is 0.542. The van der Waals surface area contributed by atoms with E-state index >= 15 is 0 Å². The van der Waals surface area contributed by atoms with E-state index in [1.54, 1.807) is 17.2 Å². The van der Waals surface area contributed by atoms with Crippen molar-refractivity contribution >= 4 is 51.7 Å². The molecule has 0 aliphatic carbocycles. The molecule has 2 saturated heterocycles. The molecule has 1 atom stereocenters. The second kappa shape index (κ2) is 8.87. The van der Waals surface area contributed by atoms with E-state index in [1.807, 2.05) is 26.0 Å². The van der Waals surface area contributed by atoms with Gasteiger partial charge >= 0.3 is 0 Å². The molecule has 4 heterocycles. The van der Waals surface area contributed by atoms with Crippen LogP contribution < -0.4 is 10.9 Å². The van der Waals surface area contributed by atoms with Gasteiger partial charge in [-0.15, -0.1) is 0 Å². The van der Waals surface area contributed by atoms with Gasteiger partial charge in [-0.2, -0.15) is 0 Å². The number of fused-ring (bicyclic) bond motifs is 1. The van der Waals surface area contributed by atoms with Crippen LogP contribution in [0.2, 0.25) is 0 Å². The van der Waals surface area contributed by atoms with Gasteiger partial charge < -0.3 is 10.1 Å². The Bertz CT molecular complexity index is 1090. The van der Waals surface area contributed by atoms with Gasteiger partial charge in [0.05, 0.1) is 23.1 Å². The smallest absolute Gasteiger partial charge is 0.267 e. The molecule has 158 valence electrons. The van der Waals surface area contributed by atoms with Crippen molar-refractivity contribution in [2.24, 2.45) is 0 Å². The number of hydrogen-bond acceptors (Lipinski definition) is 7. The van der Waals surface area contributed by atoms with Crippen LogP contribution >= 0.6 is 24.0 Å². The number of hydrogen-bond donors (Lipinski definition) is 1. The topological polar surface area (TPSA) is 75.9 Å². The van der Waals surface area contributed by atoms with Crippen LogP contribution in [-0.4, -0.2) is 50.3 Å². The Morgan fingerprint density at radius 2 is 2.23 bits per heavy atom. The zero-order valence-electron chi connectivity index (χ0n) is 17.0. The predicted octanol–water partition coefficient (Wildman–Crippen LogP) is 3.21. The highest BCUT2D eigenvalue weighted by Crippen LogP contribution is 2.34. The summed E-state index contributed by atoms with van der Waals surface area (Å²) in [4.78, 5) is 32.9. The molecule has 0 aromatic carbocycles. The third-order valence-corrected chi connectivity index (χ3v) is 6.48. The van der Waals surface area contributed by atoms with Crippen molar-refractivity contribution in [3.8, 4) is 0 Å². The fraction of sp³-hybridized carbons (Fsp3) is 0.429. The minimum Gasteiger partial charge on any atom is -0.376 e. The monoisotopic (exact) mass is 444 g/mol. The summed E-state index contributed by atoms with van der Waals surface area (Å²) in [6.07, 6.45) is 6.21. The van der Waals surface area contributed by atoms with E-state index in [0.29, 0.717) is 39.3 Å². The fourth-order valence-electron chi connectivity index (χ4n) is 3.55. The van der Waals surface area contributed by atoms with Gasteiger partial charge in [0.15, 0.2) is 0 Å². The van der Waals surface area contributed by atoms with Crippen molar-refractivity contribution in [2.45, 2.75) is 39.2 Å². The number of carbonyl (C=O) groups excluding carboxylic acids is 1. The van der Waals surface area contributed by atoms with E-state index in [2.05, 4.69) is 10.3 Å². The number of anilines is 1. The lowest BCUT2D eigenvalue weighted by Crippen LogP contribution is -2.35. The average Bonchev–Trinajstić information content (AvgIpc) is 3.33. The molecule has 2 aromatic rings. The third-order valence-electron chi connectivity index (χ3n) is 5.11. The maximum atomic E-state index is 13.3. The van der Waals surface area contributed by atoms with Crippen molar-refractivity contribution in [2.75, 3.05) is 25.0 Å². The maximum absolute atomic E-state index is 13.3. The molecule has 0 bridgehead atoms. The molecular weight excluding hydrogens is 420 g/mol. The van der Waals surface area contributed by atoms with Gasteiger partial charge in [0.2, 0.25) is 0 Å². The van der Waals surface area contributed by atoms with Gasteiger partial charge in [0, 0.05) is 19.3 Å². The van der Waals surface area contributed by atoms with Crippen molar-refractivity contribution in [3.63, 3.8) is 0 Å². The Morgan fingerprint density at radius 1 is 1.40 bits per heavy atom. The summed E-state index contributed by atoms with van der Waals surface area (Å²) in [5.41, 5.74) is 1.66. The third kappa shape index (κ3) is 4.14. The minimum absolute atomic E-state index is 0.0181. The van der Waals surface area contributed by atoms with Crippen molar-refractivity contribution in [3.05, 3.63) is 44.7 Å². The van der Waals surface area contributed by atoms with E-state index in [9.17, 15) is 9.59 Å². The van der Waals surface area contributed by atoms with Crippen LogP contribution in [-0.2, 0) is 9.53 Å². The molecule has 0 radical (unpaired) electrons. The molecule has 9 heteroatoms. The fourth-order valence-corrected chi connectivity index (χ4v) is 4.80. The van der Waals surface area contributed by atoms with E-state index < -0.39 is 0 Å². The highest BCUT2D eigenvalue weighted by atomic mass is 32.2. The van der Waals surface area contributed by atoms with Gasteiger partial charge in [-0.1, -0.05) is 37.0 Å². The average molecular weight is 445 g/mol. The highest BCUT2D eigenvalue weighted by molar-refractivity contribution is 8.26. The number of nitrogens with zero attached hydrogens (tertiary/aromatic N) is 3. The van der Waals surface area contributed by atoms with Crippen LogP contribution in [0, 0.1) is 6.92 Å². The molecule has 4 rings (SSSR count). The molecule has 1 unspecified atom stereocenters. The molecule has 2 aliphatic rings. The number of rotatable bonds is 6. The normalized spacial score (nSPS) is 20.7. The second-order valence-corrected chi connectivity index (χ2v) is 9.14. The molecule has 30 heavy (non-hydrogen) atoms. The number of aryl methyl sites for hydroxylation is 1. The standard InChI is InChI=1S/C21H24N4O3S2/c1-3-8-22-18-15(19(26)24-11-13(2)6-7-17(24)23-18)10-16-20(27)25(21(29)30-16)12-14-5-4-9-28-14/h6-7,10-11,14,22H,3-5,8-9,12H2,1-2H3/b16-10+. The molecule has 7 nitrogen and oxygen atoms in total. The summed E-state index contributed by atoms with van der Waals surface area (Å²) in [6, 6.07) is 3.74. The first kappa shape index (κ1) is 21.0. The summed E-state index contributed by atoms with van der Waals surface area (Å²) in [5, 5.41) is 3.22. The van der Waals surface area contributed by atoms with E-state index in [4.69, 9.17) is 17.0 Å². The second-order valence-electron chi connectivity index (χ2n) is 7.47. The lowest BCUT2D eigenvalue weighted by atomic mass is 10.2. The number of pyridine rings is 1. The lowest BCUT2D eigenvalue weighted by Gasteiger charge is -2.18. The molecule has 0 saturated carbocycles. The van der Waals surface area contributed by atoms with E-state index in [0.717, 1.165) is 31.4 Å². The number of nitrogens with one attached hydrogen (secondary N) is 1. The minimum atomic E-state index is -0.216. The van der Waals surface area contributed by atoms with Crippen LogP contribution in [0.4, 0.5) is 5.82 Å². The Balaban J connectivity index is 1.73. The summed E-state index contributed by atoms with van der Waals surface area (Å²) < 4.78 is 7.67. The summed E-state index contributed by atoms with van der Waals surface area (Å²) in [5.74, 6) is 0.297. The number of thiocarbonyl (C=S) groups is 1. The van der Waals surface area contributed by atoms with Gasteiger partial charge in [-0.25, -0.2) is 4.98 Å².